The minimum absolute atomic E-state index is 0.00990. The van der Waals surface area contributed by atoms with Crippen LogP contribution >= 0.6 is 46.8 Å². The maximum atomic E-state index is 12.9. The van der Waals surface area contributed by atoms with Gasteiger partial charge in [-0.1, -0.05) is 46.6 Å². The van der Waals surface area contributed by atoms with Crippen molar-refractivity contribution >= 4 is 64.6 Å². The molecule has 9 nitrogen and oxygen atoms in total. The molecule has 0 spiro atoms. The lowest BCUT2D eigenvalue weighted by Crippen LogP contribution is -2.70. The Morgan fingerprint density at radius 1 is 1.29 bits per heavy atom. The van der Waals surface area contributed by atoms with E-state index in [2.05, 4.69) is 20.2 Å². The quantitative estimate of drug-likeness (QED) is 0.401. The van der Waals surface area contributed by atoms with E-state index < -0.39 is 23.3 Å². The SMILES string of the molecule is O=C(Cc1ccccc1)N[C@@H]1C(=O)N2C(C(=O)O)=C(Sc3snnc3CSC3CCNC3)CS[C@H]12. The highest BCUT2D eigenvalue weighted by molar-refractivity contribution is 8.07. The van der Waals surface area contributed by atoms with E-state index in [1.165, 1.54) is 40.0 Å². The summed E-state index contributed by atoms with van der Waals surface area (Å²) in [4.78, 5) is 39.5. The Morgan fingerprint density at radius 3 is 2.86 bits per heavy atom. The van der Waals surface area contributed by atoms with Crippen LogP contribution in [0.2, 0.25) is 0 Å². The zero-order valence-corrected chi connectivity index (χ0v) is 21.8. The molecule has 0 saturated carbocycles. The number of thioether (sulfide) groups is 3. The monoisotopic (exact) mass is 549 g/mol. The molecule has 0 bridgehead atoms. The molecule has 13 heteroatoms. The smallest absolute Gasteiger partial charge is 0.353 e. The average Bonchev–Trinajstić information content (AvgIpc) is 3.53. The van der Waals surface area contributed by atoms with Crippen LogP contribution in [-0.4, -0.2) is 72.9 Å². The molecule has 2 saturated heterocycles. The van der Waals surface area contributed by atoms with Gasteiger partial charge in [-0.05, 0) is 30.1 Å². The third-order valence-corrected chi connectivity index (χ3v) is 10.7. The highest BCUT2D eigenvalue weighted by Gasteiger charge is 2.54. The molecule has 0 radical (unpaired) electrons. The number of amides is 2. The van der Waals surface area contributed by atoms with Crippen molar-refractivity contribution in [1.82, 2.24) is 25.1 Å². The third kappa shape index (κ3) is 5.38. The highest BCUT2D eigenvalue weighted by Crippen LogP contribution is 2.46. The third-order valence-electron chi connectivity index (χ3n) is 5.87. The molecular weight excluding hydrogens is 527 g/mol. The van der Waals surface area contributed by atoms with Gasteiger partial charge < -0.3 is 15.7 Å². The van der Waals surface area contributed by atoms with E-state index in [1.54, 1.807) is 0 Å². The Balaban J connectivity index is 1.26. The summed E-state index contributed by atoms with van der Waals surface area (Å²) < 4.78 is 4.94. The molecule has 3 atom stereocenters. The van der Waals surface area contributed by atoms with Crippen LogP contribution < -0.4 is 10.6 Å². The van der Waals surface area contributed by atoms with Crippen molar-refractivity contribution in [2.45, 2.75) is 39.5 Å². The Bertz CT molecular complexity index is 1150. The van der Waals surface area contributed by atoms with E-state index in [9.17, 15) is 19.5 Å². The number of β-lactam (4-membered cyclic amide) rings is 1. The predicted molar refractivity (Wildman–Crippen MR) is 138 cm³/mol. The van der Waals surface area contributed by atoms with E-state index in [1.807, 2.05) is 42.1 Å². The van der Waals surface area contributed by atoms with Gasteiger partial charge in [0.05, 0.1) is 12.1 Å². The number of rotatable bonds is 9. The number of hydrogen-bond donors (Lipinski definition) is 3. The summed E-state index contributed by atoms with van der Waals surface area (Å²) in [6.45, 7) is 2.01. The first-order valence-electron chi connectivity index (χ1n) is 11.1. The molecule has 2 amide bonds. The van der Waals surface area contributed by atoms with Gasteiger partial charge >= 0.3 is 5.97 Å². The lowest BCUT2D eigenvalue weighted by molar-refractivity contribution is -0.150. The number of aromatic nitrogens is 2. The van der Waals surface area contributed by atoms with Crippen LogP contribution in [0.3, 0.4) is 0 Å². The minimum atomic E-state index is -1.15. The fourth-order valence-electron chi connectivity index (χ4n) is 4.12. The number of carbonyl (C=O) groups is 3. The van der Waals surface area contributed by atoms with Crippen LogP contribution in [0.15, 0.2) is 45.1 Å². The zero-order chi connectivity index (χ0) is 24.4. The fourth-order valence-corrected chi connectivity index (χ4v) is 8.77. The molecule has 3 N–H and O–H groups in total. The Labute approximate surface area is 219 Å². The number of aliphatic carboxylic acids is 1. The summed E-state index contributed by atoms with van der Waals surface area (Å²) in [6.07, 6.45) is 1.29. The number of carboxylic acids is 1. The fraction of sp³-hybridized carbons (Fsp3) is 0.409. The van der Waals surface area contributed by atoms with Gasteiger partial charge in [-0.15, -0.1) is 16.9 Å². The van der Waals surface area contributed by atoms with E-state index in [4.69, 9.17) is 0 Å². The maximum absolute atomic E-state index is 12.9. The Kier molecular flexibility index (Phi) is 7.68. The van der Waals surface area contributed by atoms with Crippen molar-refractivity contribution < 1.29 is 19.5 Å². The molecular formula is C22H23N5O4S4. The van der Waals surface area contributed by atoms with Crippen molar-refractivity contribution in [1.29, 1.82) is 0 Å². The van der Waals surface area contributed by atoms with Crippen molar-refractivity contribution in [2.24, 2.45) is 0 Å². The van der Waals surface area contributed by atoms with Gasteiger partial charge in [-0.2, -0.15) is 11.8 Å². The lowest BCUT2D eigenvalue weighted by Gasteiger charge is -2.49. The molecule has 0 aliphatic carbocycles. The molecule has 2 aromatic rings. The number of hydrogen-bond acceptors (Lipinski definition) is 10. The van der Waals surface area contributed by atoms with Gasteiger partial charge in [0.2, 0.25) is 5.91 Å². The zero-order valence-electron chi connectivity index (χ0n) is 18.5. The summed E-state index contributed by atoms with van der Waals surface area (Å²) in [5.74, 6) is -0.652. The van der Waals surface area contributed by atoms with Crippen molar-refractivity contribution in [3.8, 4) is 0 Å². The van der Waals surface area contributed by atoms with Gasteiger partial charge in [-0.25, -0.2) is 4.79 Å². The first-order chi connectivity index (χ1) is 17.0. The molecule has 3 aliphatic heterocycles. The predicted octanol–water partition coefficient (Wildman–Crippen LogP) is 2.16. The first-order valence-corrected chi connectivity index (χ1v) is 14.8. The number of carbonyl (C=O) groups excluding carboxylic acids is 2. The van der Waals surface area contributed by atoms with E-state index in [-0.39, 0.29) is 18.0 Å². The molecule has 35 heavy (non-hydrogen) atoms. The molecule has 5 rings (SSSR count). The molecule has 2 fully saturated rings. The summed E-state index contributed by atoms with van der Waals surface area (Å²) >= 11 is 5.88. The van der Waals surface area contributed by atoms with Crippen molar-refractivity contribution in [3.63, 3.8) is 0 Å². The van der Waals surface area contributed by atoms with Crippen LogP contribution in [0.5, 0.6) is 0 Å². The van der Waals surface area contributed by atoms with Crippen LogP contribution in [0, 0.1) is 0 Å². The molecule has 1 aromatic carbocycles. The number of fused-ring (bicyclic) bond motifs is 1. The second-order valence-corrected chi connectivity index (χ2v) is 12.7. The maximum Gasteiger partial charge on any atom is 0.353 e. The molecule has 1 unspecified atom stereocenters. The Morgan fingerprint density at radius 2 is 2.11 bits per heavy atom. The van der Waals surface area contributed by atoms with Gasteiger partial charge in [0, 0.05) is 28.2 Å². The van der Waals surface area contributed by atoms with Crippen molar-refractivity contribution in [2.75, 3.05) is 18.8 Å². The molecule has 184 valence electrons. The minimum Gasteiger partial charge on any atom is -0.477 e. The summed E-state index contributed by atoms with van der Waals surface area (Å²) in [7, 11) is 0. The summed E-state index contributed by atoms with van der Waals surface area (Å²) in [5, 5.41) is 20.5. The van der Waals surface area contributed by atoms with Crippen molar-refractivity contribution in [3.05, 3.63) is 52.2 Å². The van der Waals surface area contributed by atoms with Crippen LogP contribution in [0.4, 0.5) is 0 Å². The van der Waals surface area contributed by atoms with Crippen LogP contribution in [-0.2, 0) is 26.6 Å². The van der Waals surface area contributed by atoms with E-state index in [0.29, 0.717) is 15.9 Å². The summed E-state index contributed by atoms with van der Waals surface area (Å²) in [5.41, 5.74) is 1.69. The number of nitrogens with zero attached hydrogens (tertiary/aromatic N) is 3. The molecule has 1 aromatic heterocycles. The number of nitrogens with one attached hydrogen (secondary N) is 2. The van der Waals surface area contributed by atoms with Gasteiger partial charge in [0.15, 0.2) is 0 Å². The summed E-state index contributed by atoms with van der Waals surface area (Å²) in [6, 6.07) is 8.56. The van der Waals surface area contributed by atoms with E-state index >= 15 is 0 Å². The first kappa shape index (κ1) is 24.6. The number of benzene rings is 1. The van der Waals surface area contributed by atoms with Crippen LogP contribution in [0.25, 0.3) is 0 Å². The van der Waals surface area contributed by atoms with Gasteiger partial charge in [-0.3, -0.25) is 14.5 Å². The van der Waals surface area contributed by atoms with Gasteiger partial charge in [0.1, 0.15) is 21.3 Å². The second kappa shape index (κ2) is 10.9. The Hall–Kier alpha value is -2.06. The molecule has 4 heterocycles. The lowest BCUT2D eigenvalue weighted by atomic mass is 10.0. The standard InChI is InChI=1S/C22H23N5O4S4/c28-16(8-12-4-2-1-3-5-12)24-17-19(29)27-18(21(30)31)15(11-33-20(17)27)34-22-14(25-26-35-22)10-32-13-6-7-23-9-13/h1-5,13,17,20,23H,6-11H2,(H,24,28)(H,30,31)/t13?,17-,20-/m1/s1. The largest absolute Gasteiger partial charge is 0.477 e. The highest BCUT2D eigenvalue weighted by atomic mass is 32.2. The molecule has 3 aliphatic rings. The van der Waals surface area contributed by atoms with Crippen LogP contribution in [0.1, 0.15) is 17.7 Å². The second-order valence-electron chi connectivity index (χ2n) is 8.23. The van der Waals surface area contributed by atoms with Gasteiger partial charge in [0.25, 0.3) is 5.91 Å². The number of carboxylic acid groups (broad SMARTS) is 1. The topological polar surface area (TPSA) is 125 Å². The average molecular weight is 550 g/mol. The van der Waals surface area contributed by atoms with E-state index in [0.717, 1.165) is 40.7 Å². The normalized spacial score (nSPS) is 23.7.